The highest BCUT2D eigenvalue weighted by atomic mass is 35.5. The molecule has 0 radical (unpaired) electrons. The second-order valence-corrected chi connectivity index (χ2v) is 4.87. The van der Waals surface area contributed by atoms with Crippen LogP contribution in [0.15, 0.2) is 0 Å². The molecule has 1 aromatic rings. The second kappa shape index (κ2) is 7.16. The number of rotatable bonds is 3. The number of hydrogen-bond acceptors (Lipinski definition) is 6. The zero-order chi connectivity index (χ0) is 13.9. The predicted octanol–water partition coefficient (Wildman–Crippen LogP) is 1.30. The molecule has 6 nitrogen and oxygen atoms in total. The Bertz CT molecular complexity index is 451. The Morgan fingerprint density at radius 1 is 1.50 bits per heavy atom. The van der Waals surface area contributed by atoms with Crippen LogP contribution in [0, 0.1) is 0 Å². The van der Waals surface area contributed by atoms with Crippen LogP contribution in [0.1, 0.15) is 11.4 Å². The molecule has 0 aliphatic carbocycles. The fourth-order valence-electron chi connectivity index (χ4n) is 1.53. The van der Waals surface area contributed by atoms with Crippen molar-refractivity contribution in [1.82, 2.24) is 15.5 Å². The van der Waals surface area contributed by atoms with Gasteiger partial charge in [-0.1, -0.05) is 11.3 Å². The van der Waals surface area contributed by atoms with E-state index in [2.05, 4.69) is 20.8 Å². The maximum absolute atomic E-state index is 12.3. The Morgan fingerprint density at radius 3 is 2.80 bits per heavy atom. The van der Waals surface area contributed by atoms with Gasteiger partial charge in [0.25, 0.3) is 0 Å². The molecule has 1 aliphatic heterocycles. The predicted molar refractivity (Wildman–Crippen MR) is 68.0 cm³/mol. The number of amides is 1. The highest BCUT2D eigenvalue weighted by molar-refractivity contribution is 7.15. The van der Waals surface area contributed by atoms with Crippen LogP contribution in [-0.4, -0.2) is 41.9 Å². The molecule has 1 atom stereocenters. The zero-order valence-corrected chi connectivity index (χ0v) is 11.7. The van der Waals surface area contributed by atoms with Crippen LogP contribution >= 0.6 is 23.7 Å². The van der Waals surface area contributed by atoms with Gasteiger partial charge in [-0.05, 0) is 0 Å². The van der Waals surface area contributed by atoms with Gasteiger partial charge in [0.2, 0.25) is 16.0 Å². The van der Waals surface area contributed by atoms with Crippen molar-refractivity contribution in [2.45, 2.75) is 18.6 Å². The van der Waals surface area contributed by atoms with Gasteiger partial charge in [0.15, 0.2) is 0 Å². The number of nitrogens with zero attached hydrogens (tertiary/aromatic N) is 2. The van der Waals surface area contributed by atoms with E-state index in [1.54, 1.807) is 0 Å². The molecule has 0 spiro atoms. The van der Waals surface area contributed by atoms with E-state index < -0.39 is 17.1 Å². The normalized spacial score (nSPS) is 19.2. The Balaban J connectivity index is 0.00000200. The van der Waals surface area contributed by atoms with Crippen molar-refractivity contribution in [2.75, 3.05) is 25.1 Å². The van der Waals surface area contributed by atoms with Crippen LogP contribution in [0.2, 0.25) is 0 Å². The molecule has 20 heavy (non-hydrogen) atoms. The third-order valence-electron chi connectivity index (χ3n) is 2.34. The fraction of sp³-hybridized carbons (Fsp3) is 0.667. The molecule has 1 fully saturated rings. The lowest BCUT2D eigenvalue weighted by molar-refractivity contribution is -0.138. The Morgan fingerprint density at radius 2 is 2.25 bits per heavy atom. The minimum atomic E-state index is -4.54. The number of ether oxygens (including phenoxy) is 1. The Hall–Kier alpha value is -0.970. The Labute approximate surface area is 122 Å². The van der Waals surface area contributed by atoms with Crippen LogP contribution in [-0.2, 0) is 15.7 Å². The van der Waals surface area contributed by atoms with E-state index in [9.17, 15) is 18.0 Å². The lowest BCUT2D eigenvalue weighted by Gasteiger charge is -2.22. The van der Waals surface area contributed by atoms with Crippen LogP contribution in [0.25, 0.3) is 0 Å². The lowest BCUT2D eigenvalue weighted by atomic mass is 10.2. The zero-order valence-electron chi connectivity index (χ0n) is 10.1. The van der Waals surface area contributed by atoms with Gasteiger partial charge in [0.05, 0.1) is 13.2 Å². The van der Waals surface area contributed by atoms with Gasteiger partial charge in [0, 0.05) is 19.0 Å². The first-order chi connectivity index (χ1) is 8.95. The molecule has 2 heterocycles. The summed E-state index contributed by atoms with van der Waals surface area (Å²) < 4.78 is 42.0. The molecule has 1 unspecified atom stereocenters. The van der Waals surface area contributed by atoms with Crippen LogP contribution in [0.5, 0.6) is 0 Å². The first-order valence-corrected chi connectivity index (χ1v) is 6.28. The third kappa shape index (κ3) is 4.85. The molecule has 0 bridgehead atoms. The molecule has 0 aromatic carbocycles. The number of aromatic nitrogens is 2. The van der Waals surface area contributed by atoms with Gasteiger partial charge in [-0.15, -0.1) is 22.6 Å². The quantitative estimate of drug-likeness (QED) is 0.872. The number of halogens is 4. The number of alkyl halides is 3. The van der Waals surface area contributed by atoms with Crippen LogP contribution in [0.4, 0.5) is 18.3 Å². The van der Waals surface area contributed by atoms with Crippen LogP contribution in [0.3, 0.4) is 0 Å². The minimum absolute atomic E-state index is 0. The van der Waals surface area contributed by atoms with Gasteiger partial charge in [-0.3, -0.25) is 4.79 Å². The molecule has 0 saturated carbocycles. The smallest absolute Gasteiger partial charge is 0.378 e. The number of morpholine rings is 1. The molecule has 2 rings (SSSR count). The maximum Gasteiger partial charge on any atom is 0.445 e. The third-order valence-corrected chi connectivity index (χ3v) is 3.23. The average Bonchev–Trinajstić information content (AvgIpc) is 2.78. The van der Waals surface area contributed by atoms with Gasteiger partial charge in [-0.25, -0.2) is 0 Å². The molecule has 11 heteroatoms. The van der Waals surface area contributed by atoms with E-state index in [0.29, 0.717) is 31.1 Å². The highest BCUT2D eigenvalue weighted by Gasteiger charge is 2.35. The van der Waals surface area contributed by atoms with Gasteiger partial charge < -0.3 is 15.4 Å². The summed E-state index contributed by atoms with van der Waals surface area (Å²) in [5.41, 5.74) is 0. The van der Waals surface area contributed by atoms with Crippen molar-refractivity contribution in [3.8, 4) is 0 Å². The van der Waals surface area contributed by atoms with Gasteiger partial charge in [-0.2, -0.15) is 13.2 Å². The van der Waals surface area contributed by atoms with E-state index in [-0.39, 0.29) is 30.0 Å². The van der Waals surface area contributed by atoms with Crippen molar-refractivity contribution in [1.29, 1.82) is 0 Å². The van der Waals surface area contributed by atoms with Crippen molar-refractivity contribution in [3.05, 3.63) is 5.01 Å². The Kier molecular flexibility index (Phi) is 6.11. The van der Waals surface area contributed by atoms with Crippen LogP contribution < -0.4 is 10.6 Å². The summed E-state index contributed by atoms with van der Waals surface area (Å²) in [5.74, 6) is -0.423. The van der Waals surface area contributed by atoms with Crippen molar-refractivity contribution >= 4 is 34.8 Å². The van der Waals surface area contributed by atoms with E-state index in [1.165, 1.54) is 0 Å². The maximum atomic E-state index is 12.3. The fourth-order valence-corrected chi connectivity index (χ4v) is 2.16. The molecule has 2 N–H and O–H groups in total. The average molecular weight is 333 g/mol. The minimum Gasteiger partial charge on any atom is -0.378 e. The number of carbonyl (C=O) groups is 1. The topological polar surface area (TPSA) is 76.1 Å². The summed E-state index contributed by atoms with van der Waals surface area (Å²) in [6.07, 6.45) is -4.43. The first-order valence-electron chi connectivity index (χ1n) is 5.47. The van der Waals surface area contributed by atoms with E-state index >= 15 is 0 Å². The lowest BCUT2D eigenvalue weighted by Crippen LogP contribution is -2.43. The molecule has 1 amide bonds. The number of carbonyl (C=O) groups excluding carboxylic acids is 1. The largest absolute Gasteiger partial charge is 0.445 e. The van der Waals surface area contributed by atoms with Crippen molar-refractivity contribution in [2.24, 2.45) is 0 Å². The summed E-state index contributed by atoms with van der Waals surface area (Å²) in [6, 6.07) is -0.135. The second-order valence-electron chi connectivity index (χ2n) is 3.89. The number of anilines is 1. The SMILES string of the molecule is Cl.O=C(CC1COCCN1)Nc1nnc(C(F)(F)F)s1. The van der Waals surface area contributed by atoms with E-state index in [1.807, 2.05) is 0 Å². The van der Waals surface area contributed by atoms with Crippen molar-refractivity contribution < 1.29 is 22.7 Å². The van der Waals surface area contributed by atoms with Gasteiger partial charge >= 0.3 is 6.18 Å². The van der Waals surface area contributed by atoms with E-state index in [0.717, 1.165) is 0 Å². The standard InChI is InChI=1S/C9H11F3N4O2S.ClH/c10-9(11,12)7-15-16-8(19-7)14-6(17)3-5-4-18-2-1-13-5;/h5,13H,1-4H2,(H,14,16,17);1H. The first kappa shape index (κ1) is 17.1. The molecular weight excluding hydrogens is 321 g/mol. The molecule has 114 valence electrons. The molecule has 1 aliphatic rings. The summed E-state index contributed by atoms with van der Waals surface area (Å²) in [4.78, 5) is 11.6. The molecule has 1 saturated heterocycles. The number of hydrogen-bond donors (Lipinski definition) is 2. The summed E-state index contributed by atoms with van der Waals surface area (Å²) in [6.45, 7) is 1.63. The monoisotopic (exact) mass is 332 g/mol. The molecular formula is C9H12ClF3N4O2S. The van der Waals surface area contributed by atoms with E-state index in [4.69, 9.17) is 4.74 Å². The summed E-state index contributed by atoms with van der Waals surface area (Å²) in [5, 5.41) is 10.4. The summed E-state index contributed by atoms with van der Waals surface area (Å²) >= 11 is 0.299. The van der Waals surface area contributed by atoms with Crippen molar-refractivity contribution in [3.63, 3.8) is 0 Å². The highest BCUT2D eigenvalue weighted by Crippen LogP contribution is 2.32. The summed E-state index contributed by atoms with van der Waals surface area (Å²) in [7, 11) is 0. The molecule has 1 aromatic heterocycles. The number of nitrogens with one attached hydrogen (secondary N) is 2. The van der Waals surface area contributed by atoms with Gasteiger partial charge in [0.1, 0.15) is 0 Å².